The number of nitrogens with one attached hydrogen (secondary N) is 1. The lowest BCUT2D eigenvalue weighted by Gasteiger charge is -2.40. The molecule has 0 spiro atoms. The van der Waals surface area contributed by atoms with Gasteiger partial charge in [-0.2, -0.15) is 0 Å². The largest absolute Gasteiger partial charge is 0.480 e. The van der Waals surface area contributed by atoms with E-state index in [-0.39, 0.29) is 17.5 Å². The summed E-state index contributed by atoms with van der Waals surface area (Å²) >= 11 is 3.46. The number of sulfone groups is 1. The maximum atomic E-state index is 12.1. The van der Waals surface area contributed by atoms with Crippen molar-refractivity contribution in [1.29, 1.82) is 0 Å². The summed E-state index contributed by atoms with van der Waals surface area (Å²) in [5.74, 6) is -0.376. The number of fused-ring (bicyclic) bond motifs is 1. The Morgan fingerprint density at radius 1 is 1.26 bits per heavy atom. The number of hydrogen-bond acceptors (Lipinski definition) is 5. The zero-order valence-corrected chi connectivity index (χ0v) is 17.2. The molecule has 2 aliphatic rings. The predicted molar refractivity (Wildman–Crippen MR) is 107 cm³/mol. The van der Waals surface area contributed by atoms with Crippen molar-refractivity contribution in [3.8, 4) is 0 Å². The average molecular weight is 456 g/mol. The highest BCUT2D eigenvalue weighted by molar-refractivity contribution is 9.10. The van der Waals surface area contributed by atoms with Gasteiger partial charge in [0.25, 0.3) is 0 Å². The Kier molecular flexibility index (Phi) is 5.04. The van der Waals surface area contributed by atoms with Gasteiger partial charge in [-0.25, -0.2) is 8.42 Å². The topological polar surface area (TPSA) is 93.7 Å². The molecule has 146 valence electrons. The lowest BCUT2D eigenvalue weighted by Crippen LogP contribution is -2.52. The van der Waals surface area contributed by atoms with Crippen molar-refractivity contribution in [2.45, 2.75) is 18.5 Å². The first kappa shape index (κ1) is 18.9. The molecular weight excluding hydrogens is 434 g/mol. The van der Waals surface area contributed by atoms with Crippen LogP contribution in [0.3, 0.4) is 0 Å². The van der Waals surface area contributed by atoms with Crippen LogP contribution in [0.25, 0.3) is 10.9 Å². The second-order valence-corrected chi connectivity index (χ2v) is 10.4. The molecule has 0 amide bonds. The number of hydrogen-bond donors (Lipinski definition) is 2. The summed E-state index contributed by atoms with van der Waals surface area (Å²) in [6, 6.07) is 5.15. The van der Waals surface area contributed by atoms with Gasteiger partial charge in [0.05, 0.1) is 11.5 Å². The summed E-state index contributed by atoms with van der Waals surface area (Å²) in [5.41, 5.74) is 1.67. The van der Waals surface area contributed by atoms with Gasteiger partial charge in [0.15, 0.2) is 9.84 Å². The highest BCUT2D eigenvalue weighted by Crippen LogP contribution is 2.32. The van der Waals surface area contributed by atoms with E-state index in [1.165, 1.54) is 0 Å². The molecule has 2 unspecified atom stereocenters. The van der Waals surface area contributed by atoms with Gasteiger partial charge in [-0.15, -0.1) is 0 Å². The Balaban J connectivity index is 1.52. The van der Waals surface area contributed by atoms with Crippen LogP contribution >= 0.6 is 15.9 Å². The van der Waals surface area contributed by atoms with Crippen LogP contribution < -0.4 is 0 Å². The molecule has 0 aliphatic carbocycles. The van der Waals surface area contributed by atoms with E-state index in [2.05, 4.69) is 25.8 Å². The number of benzene rings is 1. The van der Waals surface area contributed by atoms with Crippen LogP contribution in [-0.4, -0.2) is 78.0 Å². The third-order valence-corrected chi connectivity index (χ3v) is 7.89. The van der Waals surface area contributed by atoms with Crippen LogP contribution in [0.15, 0.2) is 28.9 Å². The molecule has 1 aromatic heterocycles. The maximum absolute atomic E-state index is 12.1. The van der Waals surface area contributed by atoms with Crippen molar-refractivity contribution in [2.75, 3.05) is 37.7 Å². The van der Waals surface area contributed by atoms with Gasteiger partial charge in [0.1, 0.15) is 6.04 Å². The van der Waals surface area contributed by atoms with E-state index in [9.17, 15) is 18.3 Å². The monoisotopic (exact) mass is 455 g/mol. The van der Waals surface area contributed by atoms with Crippen LogP contribution in [0.1, 0.15) is 18.0 Å². The zero-order chi connectivity index (χ0) is 19.2. The van der Waals surface area contributed by atoms with Gasteiger partial charge in [-0.1, -0.05) is 15.9 Å². The Morgan fingerprint density at radius 2 is 2.00 bits per heavy atom. The summed E-state index contributed by atoms with van der Waals surface area (Å²) < 4.78 is 24.4. The molecule has 2 saturated heterocycles. The van der Waals surface area contributed by atoms with Crippen molar-refractivity contribution in [3.63, 3.8) is 0 Å². The van der Waals surface area contributed by atoms with E-state index >= 15 is 0 Å². The first-order chi connectivity index (χ1) is 12.8. The molecule has 2 N–H and O–H groups in total. The summed E-state index contributed by atoms with van der Waals surface area (Å²) in [5, 5.41) is 10.8. The van der Waals surface area contributed by atoms with Crippen LogP contribution in [0.4, 0.5) is 0 Å². The quantitative estimate of drug-likeness (QED) is 0.730. The fraction of sp³-hybridized carbons (Fsp3) is 0.500. The summed E-state index contributed by atoms with van der Waals surface area (Å²) in [6.45, 7) is 2.59. The smallest absolute Gasteiger partial charge is 0.325 e. The first-order valence-corrected chi connectivity index (χ1v) is 11.6. The molecule has 27 heavy (non-hydrogen) atoms. The van der Waals surface area contributed by atoms with E-state index in [4.69, 9.17) is 0 Å². The van der Waals surface area contributed by atoms with Crippen molar-refractivity contribution in [2.24, 2.45) is 0 Å². The van der Waals surface area contributed by atoms with E-state index < -0.39 is 21.8 Å². The van der Waals surface area contributed by atoms with E-state index in [1.54, 1.807) is 6.20 Å². The van der Waals surface area contributed by atoms with Crippen molar-refractivity contribution < 1.29 is 18.3 Å². The van der Waals surface area contributed by atoms with Crippen molar-refractivity contribution in [3.05, 3.63) is 34.4 Å². The Labute approximate surface area is 166 Å². The number of carboxylic acids is 1. The summed E-state index contributed by atoms with van der Waals surface area (Å²) in [4.78, 5) is 19.4. The number of carboxylic acid groups (broad SMARTS) is 1. The van der Waals surface area contributed by atoms with Gasteiger partial charge in [0, 0.05) is 59.4 Å². The summed E-state index contributed by atoms with van der Waals surface area (Å²) in [6.07, 6.45) is 2.47. The van der Waals surface area contributed by atoms with Gasteiger partial charge < -0.3 is 10.1 Å². The maximum Gasteiger partial charge on any atom is 0.325 e. The molecule has 2 aliphatic heterocycles. The predicted octanol–water partition coefficient (Wildman–Crippen LogP) is 1.86. The van der Waals surface area contributed by atoms with E-state index in [0.717, 1.165) is 20.9 Å². The minimum Gasteiger partial charge on any atom is -0.480 e. The zero-order valence-electron chi connectivity index (χ0n) is 14.8. The van der Waals surface area contributed by atoms with Crippen molar-refractivity contribution >= 4 is 42.6 Å². The second-order valence-electron chi connectivity index (χ2n) is 7.30. The Morgan fingerprint density at radius 3 is 2.63 bits per heavy atom. The molecule has 2 fully saturated rings. The number of piperazine rings is 1. The van der Waals surface area contributed by atoms with Crippen LogP contribution in [0.5, 0.6) is 0 Å². The number of nitrogens with zero attached hydrogens (tertiary/aromatic N) is 2. The van der Waals surface area contributed by atoms with Gasteiger partial charge >= 0.3 is 5.97 Å². The van der Waals surface area contributed by atoms with Gasteiger partial charge in [0.2, 0.25) is 0 Å². The van der Waals surface area contributed by atoms with Crippen molar-refractivity contribution in [1.82, 2.24) is 14.8 Å². The number of aromatic amines is 1. The molecular formula is C18H22BrN3O4S. The normalized spacial score (nSPS) is 25.0. The third kappa shape index (κ3) is 3.78. The molecule has 0 saturated carbocycles. The van der Waals surface area contributed by atoms with Gasteiger partial charge in [-0.3, -0.25) is 14.6 Å². The molecule has 3 heterocycles. The molecule has 9 heteroatoms. The standard InChI is InChI=1S/C18H22BrN3O4S/c19-12-1-2-16-14(9-12)15(10-20-16)17(18(23)24)22-6-4-21(5-7-22)13-3-8-27(25,26)11-13/h1-2,9-10,13,17,20H,3-8,11H2,(H,23,24). The SMILES string of the molecule is O=C(O)C(c1c[nH]c2ccc(Br)cc12)N1CCN(C2CCS(=O)(=O)C2)CC1. The van der Waals surface area contributed by atoms with Crippen LogP contribution in [0, 0.1) is 0 Å². The fourth-order valence-corrected chi connectivity index (χ4v) is 6.37. The second kappa shape index (κ2) is 7.20. The van der Waals surface area contributed by atoms with Crippen LogP contribution in [0.2, 0.25) is 0 Å². The Bertz CT molecular complexity index is 966. The highest BCUT2D eigenvalue weighted by Gasteiger charge is 2.37. The number of aliphatic carboxylic acids is 1. The van der Waals surface area contributed by atoms with E-state index in [1.807, 2.05) is 23.1 Å². The lowest BCUT2D eigenvalue weighted by molar-refractivity contribution is -0.144. The molecule has 4 rings (SSSR count). The Hall–Kier alpha value is -1.42. The third-order valence-electron chi connectivity index (χ3n) is 5.64. The average Bonchev–Trinajstić information content (AvgIpc) is 3.19. The van der Waals surface area contributed by atoms with E-state index in [0.29, 0.717) is 32.6 Å². The number of halogens is 1. The number of aromatic nitrogens is 1. The summed E-state index contributed by atoms with van der Waals surface area (Å²) in [7, 11) is -2.91. The lowest BCUT2D eigenvalue weighted by atomic mass is 10.0. The molecule has 2 atom stereocenters. The number of H-pyrrole nitrogens is 1. The number of rotatable bonds is 4. The number of carbonyl (C=O) groups is 1. The van der Waals surface area contributed by atoms with Crippen LogP contribution in [-0.2, 0) is 14.6 Å². The molecule has 0 radical (unpaired) electrons. The highest BCUT2D eigenvalue weighted by atomic mass is 79.9. The minimum absolute atomic E-state index is 0.0736. The fourth-order valence-electron chi connectivity index (χ4n) is 4.25. The minimum atomic E-state index is -2.91. The molecule has 7 nitrogen and oxygen atoms in total. The molecule has 1 aromatic carbocycles. The van der Waals surface area contributed by atoms with Gasteiger partial charge in [-0.05, 0) is 24.6 Å². The first-order valence-electron chi connectivity index (χ1n) is 9.02. The molecule has 0 bridgehead atoms. The molecule has 2 aromatic rings.